The Balaban J connectivity index is 2.23. The molecule has 0 aliphatic carbocycles. The predicted octanol–water partition coefficient (Wildman–Crippen LogP) is 3.77. The largest absolute Gasteiger partial charge is 0.381 e. The Morgan fingerprint density at radius 1 is 1.24 bits per heavy atom. The molecule has 118 valence electrons. The van der Waals surface area contributed by atoms with Gasteiger partial charge in [-0.3, -0.25) is 0 Å². The van der Waals surface area contributed by atoms with Crippen LogP contribution in [0.5, 0.6) is 0 Å². The highest BCUT2D eigenvalue weighted by Gasteiger charge is 2.26. The Morgan fingerprint density at radius 3 is 2.29 bits per heavy atom. The highest BCUT2D eigenvalue weighted by molar-refractivity contribution is 5.41. The van der Waals surface area contributed by atoms with Crippen LogP contribution in [-0.2, 0) is 16.6 Å². The minimum atomic E-state index is 0.218. The quantitative estimate of drug-likeness (QED) is 0.911. The van der Waals surface area contributed by atoms with Crippen LogP contribution in [0.3, 0.4) is 0 Å². The monoisotopic (exact) mass is 289 g/mol. The molecule has 1 aromatic rings. The topological polar surface area (TPSA) is 21.3 Å². The maximum Gasteiger partial charge on any atom is 0.0510 e. The van der Waals surface area contributed by atoms with Gasteiger partial charge in [0.2, 0.25) is 0 Å². The summed E-state index contributed by atoms with van der Waals surface area (Å²) < 4.78 is 5.56. The van der Waals surface area contributed by atoms with E-state index in [1.807, 2.05) is 0 Å². The van der Waals surface area contributed by atoms with Crippen LogP contribution in [0.15, 0.2) is 12.1 Å². The van der Waals surface area contributed by atoms with Gasteiger partial charge in [-0.05, 0) is 61.4 Å². The van der Waals surface area contributed by atoms with Gasteiger partial charge < -0.3 is 10.1 Å². The zero-order valence-electron chi connectivity index (χ0n) is 14.5. The average molecular weight is 289 g/mol. The Hall–Kier alpha value is -0.860. The third-order valence-corrected chi connectivity index (χ3v) is 4.89. The molecule has 0 radical (unpaired) electrons. The maximum atomic E-state index is 5.56. The van der Waals surface area contributed by atoms with Crippen molar-refractivity contribution in [2.24, 2.45) is 5.92 Å². The SMILES string of the molecule is CNC(Cc1c(C)cc(C(C)(C)C)cc1C)C1CCOC1. The molecule has 2 atom stereocenters. The lowest BCUT2D eigenvalue weighted by Crippen LogP contribution is -2.36. The van der Waals surface area contributed by atoms with Crippen LogP contribution in [0.25, 0.3) is 0 Å². The zero-order chi connectivity index (χ0) is 15.6. The van der Waals surface area contributed by atoms with E-state index in [1.54, 1.807) is 0 Å². The number of likely N-dealkylation sites (N-methyl/N-ethyl adjacent to an activating group) is 1. The summed E-state index contributed by atoms with van der Waals surface area (Å²) >= 11 is 0. The molecule has 0 bridgehead atoms. The number of rotatable bonds is 4. The number of hydrogen-bond acceptors (Lipinski definition) is 2. The van der Waals surface area contributed by atoms with Crippen molar-refractivity contribution in [2.75, 3.05) is 20.3 Å². The molecule has 2 nitrogen and oxygen atoms in total. The van der Waals surface area contributed by atoms with Crippen molar-refractivity contribution in [1.82, 2.24) is 5.32 Å². The van der Waals surface area contributed by atoms with Crippen molar-refractivity contribution in [3.05, 3.63) is 34.4 Å². The second-order valence-electron chi connectivity index (χ2n) is 7.56. The summed E-state index contributed by atoms with van der Waals surface area (Å²) in [5.74, 6) is 0.649. The van der Waals surface area contributed by atoms with Crippen LogP contribution < -0.4 is 5.32 Å². The molecule has 1 saturated heterocycles. The van der Waals surface area contributed by atoms with Gasteiger partial charge in [0.25, 0.3) is 0 Å². The van der Waals surface area contributed by atoms with E-state index in [1.165, 1.54) is 28.7 Å². The van der Waals surface area contributed by atoms with E-state index >= 15 is 0 Å². The molecule has 0 amide bonds. The van der Waals surface area contributed by atoms with Gasteiger partial charge >= 0.3 is 0 Å². The molecule has 0 spiro atoms. The van der Waals surface area contributed by atoms with Crippen LogP contribution in [-0.4, -0.2) is 26.3 Å². The fraction of sp³-hybridized carbons (Fsp3) is 0.684. The van der Waals surface area contributed by atoms with Gasteiger partial charge in [0.1, 0.15) is 0 Å². The van der Waals surface area contributed by atoms with E-state index in [0.717, 1.165) is 19.6 Å². The first kappa shape index (κ1) is 16.5. The first-order valence-electron chi connectivity index (χ1n) is 8.18. The summed E-state index contributed by atoms with van der Waals surface area (Å²) in [4.78, 5) is 0. The van der Waals surface area contributed by atoms with E-state index in [9.17, 15) is 0 Å². The minimum absolute atomic E-state index is 0.218. The maximum absolute atomic E-state index is 5.56. The molecular weight excluding hydrogens is 258 g/mol. The van der Waals surface area contributed by atoms with Crippen molar-refractivity contribution in [2.45, 2.75) is 58.9 Å². The fourth-order valence-corrected chi connectivity index (χ4v) is 3.34. The minimum Gasteiger partial charge on any atom is -0.381 e. The van der Waals surface area contributed by atoms with E-state index < -0.39 is 0 Å². The number of nitrogens with one attached hydrogen (secondary N) is 1. The van der Waals surface area contributed by atoms with Crippen molar-refractivity contribution in [3.63, 3.8) is 0 Å². The van der Waals surface area contributed by atoms with Crippen molar-refractivity contribution in [3.8, 4) is 0 Å². The van der Waals surface area contributed by atoms with Crippen LogP contribution in [0.1, 0.15) is 49.4 Å². The lowest BCUT2D eigenvalue weighted by Gasteiger charge is -2.26. The summed E-state index contributed by atoms with van der Waals surface area (Å²) in [6, 6.07) is 5.27. The third-order valence-electron chi connectivity index (χ3n) is 4.89. The lowest BCUT2D eigenvalue weighted by atomic mass is 9.82. The zero-order valence-corrected chi connectivity index (χ0v) is 14.5. The van der Waals surface area contributed by atoms with Crippen LogP contribution in [0, 0.1) is 19.8 Å². The molecule has 2 heteroatoms. The molecule has 21 heavy (non-hydrogen) atoms. The van der Waals surface area contributed by atoms with Crippen LogP contribution in [0.4, 0.5) is 0 Å². The molecule has 1 aliphatic heterocycles. The van der Waals surface area contributed by atoms with Crippen LogP contribution in [0.2, 0.25) is 0 Å². The predicted molar refractivity (Wildman–Crippen MR) is 90.1 cm³/mol. The molecule has 1 aliphatic rings. The average Bonchev–Trinajstić information content (AvgIpc) is 2.90. The Kier molecular flexibility index (Phi) is 5.11. The number of hydrogen-bond donors (Lipinski definition) is 1. The normalized spacial score (nSPS) is 20.8. The second kappa shape index (κ2) is 6.50. The highest BCUT2D eigenvalue weighted by Crippen LogP contribution is 2.29. The Morgan fingerprint density at radius 2 is 1.86 bits per heavy atom. The fourth-order valence-electron chi connectivity index (χ4n) is 3.34. The van der Waals surface area contributed by atoms with Gasteiger partial charge in [0.15, 0.2) is 0 Å². The first-order chi connectivity index (χ1) is 9.82. The van der Waals surface area contributed by atoms with E-state index in [-0.39, 0.29) is 5.41 Å². The second-order valence-corrected chi connectivity index (χ2v) is 7.56. The number of ether oxygens (including phenoxy) is 1. The lowest BCUT2D eigenvalue weighted by molar-refractivity contribution is 0.177. The van der Waals surface area contributed by atoms with Gasteiger partial charge in [-0.1, -0.05) is 32.9 Å². The number of aryl methyl sites for hydroxylation is 2. The summed E-state index contributed by atoms with van der Waals surface area (Å²) in [5, 5.41) is 3.51. The molecule has 1 N–H and O–H groups in total. The molecule has 1 aromatic carbocycles. The summed E-state index contributed by atoms with van der Waals surface area (Å²) in [5.41, 5.74) is 6.02. The summed E-state index contributed by atoms with van der Waals surface area (Å²) in [7, 11) is 2.08. The number of benzene rings is 1. The first-order valence-corrected chi connectivity index (χ1v) is 8.18. The molecule has 1 fully saturated rings. The van der Waals surface area contributed by atoms with E-state index in [4.69, 9.17) is 4.74 Å². The molecule has 0 aromatic heterocycles. The van der Waals surface area contributed by atoms with E-state index in [2.05, 4.69) is 59.1 Å². The molecule has 1 heterocycles. The Bertz CT molecular complexity index is 458. The summed E-state index contributed by atoms with van der Waals surface area (Å²) in [6.07, 6.45) is 2.29. The summed E-state index contributed by atoms with van der Waals surface area (Å²) in [6.45, 7) is 13.2. The van der Waals surface area contributed by atoms with Crippen LogP contribution >= 0.6 is 0 Å². The van der Waals surface area contributed by atoms with Gasteiger partial charge in [-0.2, -0.15) is 0 Å². The van der Waals surface area contributed by atoms with Gasteiger partial charge in [0, 0.05) is 18.6 Å². The van der Waals surface area contributed by atoms with Gasteiger partial charge in [0.05, 0.1) is 6.61 Å². The molecule has 2 unspecified atom stereocenters. The standard InChI is InChI=1S/C19H31NO/c1-13-9-16(19(3,4)5)10-14(2)17(13)11-18(20-6)15-7-8-21-12-15/h9-10,15,18,20H,7-8,11-12H2,1-6H3. The smallest absolute Gasteiger partial charge is 0.0510 e. The highest BCUT2D eigenvalue weighted by atomic mass is 16.5. The van der Waals surface area contributed by atoms with Crippen molar-refractivity contribution < 1.29 is 4.74 Å². The Labute approximate surface area is 130 Å². The van der Waals surface area contributed by atoms with Crippen molar-refractivity contribution in [1.29, 1.82) is 0 Å². The van der Waals surface area contributed by atoms with Gasteiger partial charge in [-0.25, -0.2) is 0 Å². The molecule has 0 saturated carbocycles. The molecule has 2 rings (SSSR count). The molecular formula is C19H31NO. The van der Waals surface area contributed by atoms with Gasteiger partial charge in [-0.15, -0.1) is 0 Å². The van der Waals surface area contributed by atoms with Crippen molar-refractivity contribution >= 4 is 0 Å². The third kappa shape index (κ3) is 3.87. The van der Waals surface area contributed by atoms with E-state index in [0.29, 0.717) is 12.0 Å².